The molecule has 1 spiro atoms. The molecule has 1 aliphatic carbocycles. The average molecular weight is 313 g/mol. The van der Waals surface area contributed by atoms with Crippen LogP contribution in [0, 0.1) is 11.3 Å². The molecule has 5 nitrogen and oxygen atoms in total. The predicted octanol–water partition coefficient (Wildman–Crippen LogP) is 1.95. The third-order valence-corrected chi connectivity index (χ3v) is 5.62. The summed E-state index contributed by atoms with van der Waals surface area (Å²) in [4.78, 5) is 32.8. The summed E-state index contributed by atoms with van der Waals surface area (Å²) in [6.07, 6.45) is 8.44. The molecular weight excluding hydrogens is 290 g/mol. The molecular formula is C18H23N3O2. The Kier molecular flexibility index (Phi) is 3.58. The van der Waals surface area contributed by atoms with Gasteiger partial charge in [0, 0.05) is 56.0 Å². The van der Waals surface area contributed by atoms with Gasteiger partial charge in [-0.25, -0.2) is 0 Å². The molecule has 0 aromatic carbocycles. The summed E-state index contributed by atoms with van der Waals surface area (Å²) in [5.41, 5.74) is 0.815. The number of rotatable bonds is 3. The van der Waals surface area contributed by atoms with Crippen LogP contribution >= 0.6 is 0 Å². The molecule has 0 bridgehead atoms. The van der Waals surface area contributed by atoms with Gasteiger partial charge in [0.1, 0.15) is 0 Å². The topological polar surface area (TPSA) is 53.5 Å². The van der Waals surface area contributed by atoms with Crippen LogP contribution in [0.3, 0.4) is 0 Å². The molecule has 3 fully saturated rings. The Morgan fingerprint density at radius 3 is 2.57 bits per heavy atom. The van der Waals surface area contributed by atoms with Gasteiger partial charge in [-0.1, -0.05) is 0 Å². The van der Waals surface area contributed by atoms with E-state index in [9.17, 15) is 9.59 Å². The largest absolute Gasteiger partial charge is 0.342 e. The summed E-state index contributed by atoms with van der Waals surface area (Å²) >= 11 is 0. The smallest absolute Gasteiger partial charge is 0.253 e. The Labute approximate surface area is 136 Å². The number of likely N-dealkylation sites (tertiary alicyclic amines) is 2. The van der Waals surface area contributed by atoms with Crippen molar-refractivity contribution >= 4 is 11.8 Å². The zero-order chi connectivity index (χ0) is 15.9. The van der Waals surface area contributed by atoms with Crippen LogP contribution in [0.25, 0.3) is 0 Å². The second-order valence-corrected chi connectivity index (χ2v) is 7.42. The van der Waals surface area contributed by atoms with Crippen molar-refractivity contribution < 1.29 is 9.59 Å². The van der Waals surface area contributed by atoms with Crippen LogP contribution in [0.5, 0.6) is 0 Å². The first kappa shape index (κ1) is 14.7. The highest BCUT2D eigenvalue weighted by Gasteiger charge is 2.46. The van der Waals surface area contributed by atoms with Gasteiger partial charge in [0.25, 0.3) is 5.91 Å². The van der Waals surface area contributed by atoms with E-state index in [0.29, 0.717) is 17.9 Å². The molecule has 0 N–H and O–H groups in total. The highest BCUT2D eigenvalue weighted by Crippen LogP contribution is 2.42. The van der Waals surface area contributed by atoms with Crippen molar-refractivity contribution in [1.82, 2.24) is 14.8 Å². The van der Waals surface area contributed by atoms with Crippen molar-refractivity contribution in [2.45, 2.75) is 32.1 Å². The van der Waals surface area contributed by atoms with Crippen LogP contribution in [0.2, 0.25) is 0 Å². The van der Waals surface area contributed by atoms with E-state index in [-0.39, 0.29) is 11.3 Å². The number of hydrogen-bond donors (Lipinski definition) is 0. The first-order valence-electron chi connectivity index (χ1n) is 8.62. The quantitative estimate of drug-likeness (QED) is 0.857. The number of carbonyl (C=O) groups excluding carboxylic acids is 2. The zero-order valence-electron chi connectivity index (χ0n) is 13.4. The molecule has 23 heavy (non-hydrogen) atoms. The number of piperidine rings is 1. The fraction of sp³-hybridized carbons (Fsp3) is 0.611. The van der Waals surface area contributed by atoms with E-state index >= 15 is 0 Å². The maximum Gasteiger partial charge on any atom is 0.253 e. The third-order valence-electron chi connectivity index (χ3n) is 5.62. The van der Waals surface area contributed by atoms with Gasteiger partial charge in [-0.05, 0) is 43.7 Å². The number of hydrogen-bond acceptors (Lipinski definition) is 3. The first-order chi connectivity index (χ1) is 11.2. The first-order valence-corrected chi connectivity index (χ1v) is 8.62. The summed E-state index contributed by atoms with van der Waals surface area (Å²) in [7, 11) is 0. The van der Waals surface area contributed by atoms with Gasteiger partial charge in [0.2, 0.25) is 5.91 Å². The summed E-state index contributed by atoms with van der Waals surface area (Å²) in [6, 6.07) is 3.53. The van der Waals surface area contributed by atoms with Crippen molar-refractivity contribution in [3.8, 4) is 0 Å². The number of pyridine rings is 1. The van der Waals surface area contributed by atoms with E-state index in [0.717, 1.165) is 44.9 Å². The van der Waals surface area contributed by atoms with E-state index in [1.807, 2.05) is 4.90 Å². The lowest BCUT2D eigenvalue weighted by Gasteiger charge is -2.38. The minimum Gasteiger partial charge on any atom is -0.342 e. The number of nitrogens with zero attached hydrogens (tertiary/aromatic N) is 3. The van der Waals surface area contributed by atoms with Crippen molar-refractivity contribution in [2.24, 2.45) is 11.3 Å². The van der Waals surface area contributed by atoms with Crippen LogP contribution in [-0.4, -0.2) is 52.8 Å². The number of carbonyl (C=O) groups is 2. The fourth-order valence-electron chi connectivity index (χ4n) is 3.96. The van der Waals surface area contributed by atoms with Crippen LogP contribution < -0.4 is 0 Å². The Bertz CT molecular complexity index is 604. The van der Waals surface area contributed by atoms with Crippen LogP contribution in [0.15, 0.2) is 24.5 Å². The minimum absolute atomic E-state index is 0.0846. The van der Waals surface area contributed by atoms with E-state index in [1.54, 1.807) is 24.5 Å². The SMILES string of the molecule is O=C1CC2(CCN(C(=O)c3ccncc3)CC2)CN1CC1CC1. The number of aromatic nitrogens is 1. The maximum atomic E-state index is 12.5. The Hall–Kier alpha value is -1.91. The molecule has 0 atom stereocenters. The maximum absolute atomic E-state index is 12.5. The van der Waals surface area contributed by atoms with Gasteiger partial charge in [-0.3, -0.25) is 14.6 Å². The van der Waals surface area contributed by atoms with E-state index < -0.39 is 0 Å². The second kappa shape index (κ2) is 5.62. The van der Waals surface area contributed by atoms with Crippen molar-refractivity contribution in [3.05, 3.63) is 30.1 Å². The second-order valence-electron chi connectivity index (χ2n) is 7.42. The van der Waals surface area contributed by atoms with Gasteiger partial charge in [-0.2, -0.15) is 0 Å². The molecule has 0 unspecified atom stereocenters. The lowest BCUT2D eigenvalue weighted by Crippen LogP contribution is -2.44. The molecule has 3 aliphatic rings. The Morgan fingerprint density at radius 2 is 1.91 bits per heavy atom. The predicted molar refractivity (Wildman–Crippen MR) is 85.7 cm³/mol. The molecule has 2 aliphatic heterocycles. The van der Waals surface area contributed by atoms with Crippen molar-refractivity contribution in [2.75, 3.05) is 26.2 Å². The van der Waals surface area contributed by atoms with E-state index in [1.165, 1.54) is 12.8 Å². The summed E-state index contributed by atoms with van der Waals surface area (Å²) in [5, 5.41) is 0. The Balaban J connectivity index is 1.37. The molecule has 1 aromatic heterocycles. The van der Waals surface area contributed by atoms with Crippen LogP contribution in [0.1, 0.15) is 42.5 Å². The molecule has 0 radical (unpaired) electrons. The van der Waals surface area contributed by atoms with Crippen LogP contribution in [0.4, 0.5) is 0 Å². The monoisotopic (exact) mass is 313 g/mol. The fourth-order valence-corrected chi connectivity index (χ4v) is 3.96. The lowest BCUT2D eigenvalue weighted by molar-refractivity contribution is -0.128. The molecule has 1 aromatic rings. The molecule has 3 heterocycles. The standard InChI is InChI=1S/C18H23N3O2/c22-16-11-18(13-21(16)12-14-1-2-14)5-9-20(10-6-18)17(23)15-3-7-19-8-4-15/h3-4,7-8,14H,1-2,5-6,9-13H2. The van der Waals surface area contributed by atoms with Gasteiger partial charge < -0.3 is 9.80 Å². The van der Waals surface area contributed by atoms with Gasteiger partial charge in [-0.15, -0.1) is 0 Å². The summed E-state index contributed by atoms with van der Waals surface area (Å²) < 4.78 is 0. The normalized spacial score (nSPS) is 23.6. The lowest BCUT2D eigenvalue weighted by atomic mass is 9.77. The third kappa shape index (κ3) is 2.96. The molecule has 1 saturated carbocycles. The molecule has 2 amide bonds. The highest BCUT2D eigenvalue weighted by molar-refractivity contribution is 5.94. The molecule has 5 heteroatoms. The van der Waals surface area contributed by atoms with Crippen LogP contribution in [-0.2, 0) is 4.79 Å². The zero-order valence-corrected chi connectivity index (χ0v) is 13.4. The van der Waals surface area contributed by atoms with Gasteiger partial charge in [0.05, 0.1) is 0 Å². The number of amides is 2. The Morgan fingerprint density at radius 1 is 1.22 bits per heavy atom. The van der Waals surface area contributed by atoms with Gasteiger partial charge in [0.15, 0.2) is 0 Å². The van der Waals surface area contributed by atoms with E-state index in [4.69, 9.17) is 0 Å². The molecule has 122 valence electrons. The summed E-state index contributed by atoms with van der Waals surface area (Å²) in [6.45, 7) is 3.37. The average Bonchev–Trinajstić information content (AvgIpc) is 3.34. The highest BCUT2D eigenvalue weighted by atomic mass is 16.2. The molecule has 2 saturated heterocycles. The van der Waals surface area contributed by atoms with E-state index in [2.05, 4.69) is 9.88 Å². The summed E-state index contributed by atoms with van der Waals surface area (Å²) in [5.74, 6) is 1.16. The van der Waals surface area contributed by atoms with Crippen molar-refractivity contribution in [1.29, 1.82) is 0 Å². The minimum atomic E-state index is 0.0846. The van der Waals surface area contributed by atoms with Crippen molar-refractivity contribution in [3.63, 3.8) is 0 Å². The van der Waals surface area contributed by atoms with Gasteiger partial charge >= 0.3 is 0 Å². The molecule has 4 rings (SSSR count).